The van der Waals surface area contributed by atoms with Crippen molar-refractivity contribution in [3.63, 3.8) is 0 Å². The van der Waals surface area contributed by atoms with Crippen LogP contribution in [0.1, 0.15) is 11.5 Å². The molecular weight excluding hydrogens is 391 g/mol. The third-order valence-corrected chi connectivity index (χ3v) is 6.22. The fourth-order valence-electron chi connectivity index (χ4n) is 2.68. The Morgan fingerprint density at radius 3 is 2.64 bits per heavy atom. The van der Waals surface area contributed by atoms with Crippen LogP contribution in [-0.4, -0.2) is 74.5 Å². The van der Waals surface area contributed by atoms with Gasteiger partial charge in [0.05, 0.1) is 29.0 Å². The Balaban J connectivity index is 2.36. The molecule has 0 aromatic heterocycles. The van der Waals surface area contributed by atoms with Crippen LogP contribution in [0, 0.1) is 0 Å². The van der Waals surface area contributed by atoms with Crippen LogP contribution in [0.3, 0.4) is 0 Å². The van der Waals surface area contributed by atoms with Gasteiger partial charge in [0.2, 0.25) is 10.0 Å². The Labute approximate surface area is 157 Å². The van der Waals surface area contributed by atoms with Gasteiger partial charge in [-0.1, -0.05) is 29.3 Å². The van der Waals surface area contributed by atoms with Crippen LogP contribution in [-0.2, 0) is 14.8 Å². The smallest absolute Gasteiger partial charge is 0.407 e. The molecular formula is C15H20Cl2N2O5S. The normalized spacial score (nSPS) is 22.0. The van der Waals surface area contributed by atoms with Crippen molar-refractivity contribution in [2.75, 3.05) is 39.5 Å². The minimum Gasteiger partial charge on any atom is -0.465 e. The van der Waals surface area contributed by atoms with Crippen molar-refractivity contribution in [2.45, 2.75) is 12.0 Å². The maximum Gasteiger partial charge on any atom is 0.407 e. The van der Waals surface area contributed by atoms with E-state index in [-0.39, 0.29) is 32.2 Å². The number of rotatable bonds is 4. The lowest BCUT2D eigenvalue weighted by Crippen LogP contribution is -2.40. The molecule has 25 heavy (non-hydrogen) atoms. The fourth-order valence-corrected chi connectivity index (χ4v) is 3.41. The molecule has 1 aliphatic rings. The first-order valence-electron chi connectivity index (χ1n) is 7.55. The number of likely N-dealkylation sites (N-methyl/N-ethyl adjacent to an activating group) is 1. The zero-order valence-electron chi connectivity index (χ0n) is 13.9. The number of halogens is 2. The molecule has 7 nitrogen and oxygen atoms in total. The predicted molar refractivity (Wildman–Crippen MR) is 96.0 cm³/mol. The quantitative estimate of drug-likeness (QED) is 0.822. The van der Waals surface area contributed by atoms with Crippen LogP contribution in [0.2, 0.25) is 10.0 Å². The molecule has 1 aromatic rings. The lowest BCUT2D eigenvalue weighted by Gasteiger charge is -2.29. The first-order valence-corrected chi connectivity index (χ1v) is 10.2. The van der Waals surface area contributed by atoms with E-state index in [1.54, 1.807) is 18.2 Å². The monoisotopic (exact) mass is 410 g/mol. The molecule has 0 saturated carbocycles. The van der Waals surface area contributed by atoms with Gasteiger partial charge in [0.1, 0.15) is 0 Å². The minimum absolute atomic E-state index is 0.108. The average molecular weight is 411 g/mol. The van der Waals surface area contributed by atoms with E-state index in [1.165, 1.54) is 16.3 Å². The lowest BCUT2D eigenvalue weighted by atomic mass is 9.92. The van der Waals surface area contributed by atoms with Crippen LogP contribution < -0.4 is 0 Å². The van der Waals surface area contributed by atoms with Crippen molar-refractivity contribution >= 4 is 39.3 Å². The van der Waals surface area contributed by atoms with Crippen LogP contribution in [0.5, 0.6) is 0 Å². The third-order valence-electron chi connectivity index (χ3n) is 4.20. The van der Waals surface area contributed by atoms with Crippen molar-refractivity contribution in [1.82, 2.24) is 9.21 Å². The highest BCUT2D eigenvalue weighted by molar-refractivity contribution is 7.88. The first kappa shape index (κ1) is 20.3. The van der Waals surface area contributed by atoms with Gasteiger partial charge in [-0.2, -0.15) is 0 Å². The number of carboxylic acid groups (broad SMARTS) is 1. The van der Waals surface area contributed by atoms with Crippen LogP contribution in [0.15, 0.2) is 18.2 Å². The van der Waals surface area contributed by atoms with Gasteiger partial charge in [-0.3, -0.25) is 0 Å². The third kappa shape index (κ3) is 5.21. The summed E-state index contributed by atoms with van der Waals surface area (Å²) >= 11 is 12.0. The standard InChI is InChI=1S/C15H20Cl2N2O5S/c1-18(25(2,22)23)9-14-11(8-19(15(20)21)5-6-24-14)10-3-4-12(16)13(17)7-10/h3-4,7,11,14H,5-6,8-9H2,1-2H3,(H,20,21)/t11-,14-/m1/s1. The van der Waals surface area contributed by atoms with Gasteiger partial charge in [-0.15, -0.1) is 0 Å². The number of hydrogen-bond acceptors (Lipinski definition) is 4. The Morgan fingerprint density at radius 1 is 1.40 bits per heavy atom. The highest BCUT2D eigenvalue weighted by Gasteiger charge is 2.33. The summed E-state index contributed by atoms with van der Waals surface area (Å²) in [6.07, 6.45) is -0.450. The molecule has 0 spiro atoms. The van der Waals surface area contributed by atoms with E-state index in [9.17, 15) is 18.3 Å². The van der Waals surface area contributed by atoms with E-state index in [0.29, 0.717) is 10.0 Å². The summed E-state index contributed by atoms with van der Waals surface area (Å²) in [6, 6.07) is 5.05. The van der Waals surface area contributed by atoms with Crippen LogP contribution in [0.25, 0.3) is 0 Å². The van der Waals surface area contributed by atoms with E-state index in [4.69, 9.17) is 27.9 Å². The molecule has 0 unspecified atom stereocenters. The Morgan fingerprint density at radius 2 is 2.08 bits per heavy atom. The van der Waals surface area contributed by atoms with Crippen LogP contribution in [0.4, 0.5) is 4.79 Å². The van der Waals surface area contributed by atoms with Gasteiger partial charge in [0.15, 0.2) is 0 Å². The SMILES string of the molecule is CN(C[C@H]1OCCN(C(=O)O)C[C@@H]1c1ccc(Cl)c(Cl)c1)S(C)(=O)=O. The Bertz CT molecular complexity index is 743. The van der Waals surface area contributed by atoms with Crippen molar-refractivity contribution in [3.05, 3.63) is 33.8 Å². The van der Waals surface area contributed by atoms with Crippen molar-refractivity contribution in [1.29, 1.82) is 0 Å². The maximum absolute atomic E-state index is 11.7. The van der Waals surface area contributed by atoms with E-state index in [0.717, 1.165) is 11.8 Å². The number of sulfonamides is 1. The van der Waals surface area contributed by atoms with Crippen molar-refractivity contribution in [2.24, 2.45) is 0 Å². The molecule has 0 aliphatic carbocycles. The summed E-state index contributed by atoms with van der Waals surface area (Å²) in [7, 11) is -1.93. The zero-order valence-corrected chi connectivity index (χ0v) is 16.2. The van der Waals surface area contributed by atoms with Gasteiger partial charge in [-0.05, 0) is 17.7 Å². The van der Waals surface area contributed by atoms with Gasteiger partial charge >= 0.3 is 6.09 Å². The van der Waals surface area contributed by atoms with E-state index in [1.807, 2.05) is 0 Å². The number of amides is 1. The highest BCUT2D eigenvalue weighted by atomic mass is 35.5. The van der Waals surface area contributed by atoms with E-state index >= 15 is 0 Å². The van der Waals surface area contributed by atoms with Gasteiger partial charge in [0.25, 0.3) is 0 Å². The number of nitrogens with zero attached hydrogens (tertiary/aromatic N) is 2. The molecule has 1 N–H and O–H groups in total. The highest BCUT2D eigenvalue weighted by Crippen LogP contribution is 2.31. The second-order valence-electron chi connectivity index (χ2n) is 5.96. The second kappa shape index (κ2) is 8.09. The fraction of sp³-hybridized carbons (Fsp3) is 0.533. The number of hydrogen-bond donors (Lipinski definition) is 1. The zero-order chi connectivity index (χ0) is 18.8. The topological polar surface area (TPSA) is 87.2 Å². The second-order valence-corrected chi connectivity index (χ2v) is 8.87. The molecule has 1 aromatic carbocycles. The van der Waals surface area contributed by atoms with Gasteiger partial charge in [-0.25, -0.2) is 17.5 Å². The molecule has 1 amide bonds. The van der Waals surface area contributed by atoms with E-state index < -0.39 is 22.2 Å². The molecule has 1 fully saturated rings. The molecule has 0 bridgehead atoms. The predicted octanol–water partition coefficient (Wildman–Crippen LogP) is 2.35. The van der Waals surface area contributed by atoms with Crippen molar-refractivity contribution < 1.29 is 23.1 Å². The minimum atomic E-state index is -3.39. The molecule has 10 heteroatoms. The average Bonchev–Trinajstić information content (AvgIpc) is 2.72. The summed E-state index contributed by atoms with van der Waals surface area (Å²) in [5.41, 5.74) is 0.745. The summed E-state index contributed by atoms with van der Waals surface area (Å²) in [5.74, 6) is -0.377. The van der Waals surface area contributed by atoms with Gasteiger partial charge in [0, 0.05) is 32.6 Å². The summed E-state index contributed by atoms with van der Waals surface area (Å²) in [5, 5.41) is 10.1. The number of benzene rings is 1. The van der Waals surface area contributed by atoms with Crippen molar-refractivity contribution in [3.8, 4) is 0 Å². The summed E-state index contributed by atoms with van der Waals surface area (Å²) in [6.45, 7) is 0.686. The molecule has 1 saturated heterocycles. The molecule has 140 valence electrons. The number of ether oxygens (including phenoxy) is 1. The summed E-state index contributed by atoms with van der Waals surface area (Å²) in [4.78, 5) is 12.7. The maximum atomic E-state index is 11.7. The Hall–Kier alpha value is -1.06. The molecule has 0 radical (unpaired) electrons. The Kier molecular flexibility index (Phi) is 6.56. The number of carbonyl (C=O) groups is 1. The largest absolute Gasteiger partial charge is 0.465 e. The van der Waals surface area contributed by atoms with Gasteiger partial charge < -0.3 is 14.7 Å². The molecule has 1 aliphatic heterocycles. The van der Waals surface area contributed by atoms with E-state index in [2.05, 4.69) is 0 Å². The molecule has 2 atom stereocenters. The molecule has 2 rings (SSSR count). The summed E-state index contributed by atoms with van der Waals surface area (Å²) < 4.78 is 30.5. The molecule has 1 heterocycles. The lowest BCUT2D eigenvalue weighted by molar-refractivity contribution is 0.0414. The van der Waals surface area contributed by atoms with Crippen LogP contribution >= 0.6 is 23.2 Å². The first-order chi connectivity index (χ1) is 11.6.